The van der Waals surface area contributed by atoms with E-state index in [9.17, 15) is 13.6 Å². The number of rotatable bonds is 5. The minimum absolute atomic E-state index is 0.0153. The van der Waals surface area contributed by atoms with Crippen molar-refractivity contribution in [1.29, 1.82) is 0 Å². The van der Waals surface area contributed by atoms with Gasteiger partial charge in [0.25, 0.3) is 0 Å². The lowest BCUT2D eigenvalue weighted by molar-refractivity contribution is -0.113. The molecule has 8 heteroatoms. The van der Waals surface area contributed by atoms with Gasteiger partial charge < -0.3 is 5.32 Å². The highest BCUT2D eigenvalue weighted by Crippen LogP contribution is 2.22. The Morgan fingerprint density at radius 2 is 2.04 bits per heavy atom. The summed E-state index contributed by atoms with van der Waals surface area (Å²) >= 11 is 1.17. The number of hydrogen-bond acceptors (Lipinski definition) is 4. The predicted molar refractivity (Wildman–Crippen MR) is 91.8 cm³/mol. The first kappa shape index (κ1) is 17.1. The van der Waals surface area contributed by atoms with Gasteiger partial charge in [0.05, 0.1) is 17.1 Å². The van der Waals surface area contributed by atoms with Crippen LogP contribution in [0.15, 0.2) is 53.9 Å². The second-order valence-corrected chi connectivity index (χ2v) is 6.17. The molecule has 0 aliphatic rings. The van der Waals surface area contributed by atoms with Crippen LogP contribution in [-0.4, -0.2) is 26.4 Å². The molecule has 0 aliphatic carbocycles. The molecule has 3 rings (SSSR count). The average Bonchev–Trinajstić information content (AvgIpc) is 3.04. The lowest BCUT2D eigenvalue weighted by atomic mass is 10.2. The topological polar surface area (TPSA) is 59.8 Å². The summed E-state index contributed by atoms with van der Waals surface area (Å²) in [6.07, 6.45) is 1.57. The Kier molecular flexibility index (Phi) is 5.08. The molecule has 1 N–H and O–H groups in total. The standard InChI is InChI=1S/C17H14F2N4OS/c1-11-4-2-3-5-15(11)23-10-20-22-17(23)25-9-16(24)21-14-7-6-12(18)8-13(14)19/h2-8,10H,9H2,1H3,(H,21,24). The van der Waals surface area contributed by atoms with Crippen molar-refractivity contribution in [2.45, 2.75) is 12.1 Å². The Hall–Kier alpha value is -2.74. The van der Waals surface area contributed by atoms with E-state index in [0.717, 1.165) is 23.4 Å². The summed E-state index contributed by atoms with van der Waals surface area (Å²) < 4.78 is 28.2. The molecular weight excluding hydrogens is 346 g/mol. The maximum absolute atomic E-state index is 13.6. The smallest absolute Gasteiger partial charge is 0.234 e. The summed E-state index contributed by atoms with van der Waals surface area (Å²) in [7, 11) is 0. The van der Waals surface area contributed by atoms with Crippen LogP contribution in [0.1, 0.15) is 5.56 Å². The molecule has 0 saturated carbocycles. The maximum Gasteiger partial charge on any atom is 0.234 e. The molecule has 0 saturated heterocycles. The highest BCUT2D eigenvalue weighted by molar-refractivity contribution is 7.99. The molecule has 0 atom stereocenters. The summed E-state index contributed by atoms with van der Waals surface area (Å²) in [5, 5.41) is 10.9. The van der Waals surface area contributed by atoms with Crippen molar-refractivity contribution in [1.82, 2.24) is 14.8 Å². The Morgan fingerprint density at radius 1 is 1.24 bits per heavy atom. The largest absolute Gasteiger partial charge is 0.323 e. The van der Waals surface area contributed by atoms with Crippen molar-refractivity contribution in [3.05, 3.63) is 66.0 Å². The Labute approximate surface area is 147 Å². The van der Waals surface area contributed by atoms with E-state index in [0.29, 0.717) is 5.16 Å². The number of nitrogens with one attached hydrogen (secondary N) is 1. The summed E-state index contributed by atoms with van der Waals surface area (Å²) in [5.74, 6) is -1.92. The van der Waals surface area contributed by atoms with Crippen LogP contribution in [0.5, 0.6) is 0 Å². The third-order valence-corrected chi connectivity index (χ3v) is 4.37. The lowest BCUT2D eigenvalue weighted by Gasteiger charge is -2.09. The monoisotopic (exact) mass is 360 g/mol. The van der Waals surface area contributed by atoms with E-state index in [4.69, 9.17) is 0 Å². The fourth-order valence-electron chi connectivity index (χ4n) is 2.23. The van der Waals surface area contributed by atoms with Gasteiger partial charge in [0, 0.05) is 6.07 Å². The zero-order chi connectivity index (χ0) is 17.8. The van der Waals surface area contributed by atoms with Gasteiger partial charge >= 0.3 is 0 Å². The van der Waals surface area contributed by atoms with Gasteiger partial charge in [0.15, 0.2) is 5.16 Å². The highest BCUT2D eigenvalue weighted by atomic mass is 32.2. The van der Waals surface area contributed by atoms with Gasteiger partial charge in [-0.1, -0.05) is 30.0 Å². The number of para-hydroxylation sites is 1. The van der Waals surface area contributed by atoms with Crippen LogP contribution in [-0.2, 0) is 4.79 Å². The third-order valence-electron chi connectivity index (χ3n) is 3.43. The third kappa shape index (κ3) is 4.03. The molecule has 1 heterocycles. The predicted octanol–water partition coefficient (Wildman–Crippen LogP) is 3.58. The number of benzene rings is 2. The second kappa shape index (κ2) is 7.43. The summed E-state index contributed by atoms with van der Waals surface area (Å²) in [4.78, 5) is 12.0. The number of thioether (sulfide) groups is 1. The van der Waals surface area contributed by atoms with Crippen molar-refractivity contribution in [2.24, 2.45) is 0 Å². The molecule has 0 radical (unpaired) electrons. The van der Waals surface area contributed by atoms with Crippen LogP contribution in [0.4, 0.5) is 14.5 Å². The molecule has 0 bridgehead atoms. The minimum Gasteiger partial charge on any atom is -0.323 e. The molecule has 0 fully saturated rings. The van der Waals surface area contributed by atoms with Gasteiger partial charge in [-0.05, 0) is 30.7 Å². The quantitative estimate of drug-likeness (QED) is 0.707. The molecule has 2 aromatic carbocycles. The minimum atomic E-state index is -0.818. The normalized spacial score (nSPS) is 10.7. The van der Waals surface area contributed by atoms with Crippen LogP contribution < -0.4 is 5.32 Å². The van der Waals surface area contributed by atoms with Gasteiger partial charge in [-0.15, -0.1) is 10.2 Å². The van der Waals surface area contributed by atoms with Gasteiger partial charge in [0.2, 0.25) is 5.91 Å². The molecule has 0 aliphatic heterocycles. The van der Waals surface area contributed by atoms with E-state index in [1.807, 2.05) is 31.2 Å². The van der Waals surface area contributed by atoms with E-state index >= 15 is 0 Å². The van der Waals surface area contributed by atoms with Crippen LogP contribution in [0.25, 0.3) is 5.69 Å². The number of carbonyl (C=O) groups is 1. The number of aryl methyl sites for hydroxylation is 1. The first-order valence-electron chi connectivity index (χ1n) is 7.38. The highest BCUT2D eigenvalue weighted by Gasteiger charge is 2.13. The second-order valence-electron chi connectivity index (χ2n) is 5.23. The Morgan fingerprint density at radius 3 is 2.80 bits per heavy atom. The molecular formula is C17H14F2N4OS. The van der Waals surface area contributed by atoms with Crippen LogP contribution in [0.2, 0.25) is 0 Å². The molecule has 128 valence electrons. The fourth-order valence-corrected chi connectivity index (χ4v) is 2.95. The Bertz CT molecular complexity index is 913. The van der Waals surface area contributed by atoms with E-state index in [1.165, 1.54) is 17.8 Å². The van der Waals surface area contributed by atoms with Crippen molar-refractivity contribution in [2.75, 3.05) is 11.1 Å². The molecule has 1 aromatic heterocycles. The molecule has 3 aromatic rings. The van der Waals surface area contributed by atoms with Gasteiger partial charge in [0.1, 0.15) is 18.0 Å². The average molecular weight is 360 g/mol. The van der Waals surface area contributed by atoms with Crippen LogP contribution in [0, 0.1) is 18.6 Å². The van der Waals surface area contributed by atoms with Crippen molar-refractivity contribution in [3.63, 3.8) is 0 Å². The number of halogens is 2. The van der Waals surface area contributed by atoms with E-state index in [-0.39, 0.29) is 11.4 Å². The first-order valence-corrected chi connectivity index (χ1v) is 8.37. The summed E-state index contributed by atoms with van der Waals surface area (Å²) in [6, 6.07) is 10.7. The molecule has 25 heavy (non-hydrogen) atoms. The number of carbonyl (C=O) groups excluding carboxylic acids is 1. The number of amides is 1. The van der Waals surface area contributed by atoms with Crippen molar-refractivity contribution < 1.29 is 13.6 Å². The van der Waals surface area contributed by atoms with Crippen LogP contribution >= 0.6 is 11.8 Å². The lowest BCUT2D eigenvalue weighted by Crippen LogP contribution is -2.15. The van der Waals surface area contributed by atoms with Crippen LogP contribution in [0.3, 0.4) is 0 Å². The van der Waals surface area contributed by atoms with Crippen molar-refractivity contribution >= 4 is 23.4 Å². The first-order chi connectivity index (χ1) is 12.0. The van der Waals surface area contributed by atoms with Gasteiger partial charge in [-0.2, -0.15) is 0 Å². The van der Waals surface area contributed by atoms with E-state index in [1.54, 1.807) is 10.9 Å². The number of aromatic nitrogens is 3. The maximum atomic E-state index is 13.6. The Balaban J connectivity index is 1.67. The number of nitrogens with zero attached hydrogens (tertiary/aromatic N) is 3. The summed E-state index contributed by atoms with van der Waals surface area (Å²) in [5.41, 5.74) is 1.90. The number of hydrogen-bond donors (Lipinski definition) is 1. The molecule has 0 unspecified atom stereocenters. The van der Waals surface area contributed by atoms with Gasteiger partial charge in [-0.3, -0.25) is 9.36 Å². The van der Waals surface area contributed by atoms with Gasteiger partial charge in [-0.25, -0.2) is 8.78 Å². The number of anilines is 1. The molecule has 1 amide bonds. The summed E-state index contributed by atoms with van der Waals surface area (Å²) in [6.45, 7) is 1.97. The zero-order valence-corrected chi connectivity index (χ0v) is 14.1. The molecule has 5 nitrogen and oxygen atoms in total. The van der Waals surface area contributed by atoms with E-state index in [2.05, 4.69) is 15.5 Å². The zero-order valence-electron chi connectivity index (χ0n) is 13.2. The van der Waals surface area contributed by atoms with Crippen molar-refractivity contribution in [3.8, 4) is 5.69 Å². The van der Waals surface area contributed by atoms with E-state index < -0.39 is 17.5 Å². The molecule has 0 spiro atoms. The fraction of sp³-hybridized carbons (Fsp3) is 0.118. The SMILES string of the molecule is Cc1ccccc1-n1cnnc1SCC(=O)Nc1ccc(F)cc1F.